The summed E-state index contributed by atoms with van der Waals surface area (Å²) in [6.45, 7) is 0. The number of nitrogens with zero attached hydrogens (tertiary/aromatic N) is 1. The summed E-state index contributed by atoms with van der Waals surface area (Å²) in [4.78, 5) is 9.71. The maximum absolute atomic E-state index is 12.0. The number of rotatable bonds is 0. The highest BCUT2D eigenvalue weighted by molar-refractivity contribution is 5.74. The molecular weight excluding hydrogens is 220 g/mol. The molecule has 0 radical (unpaired) electrons. The number of hydrogen-bond donors (Lipinski definition) is 0. The molecule has 1 heterocycles. The second-order valence-corrected chi connectivity index (χ2v) is 2.57. The Morgan fingerprint density at radius 3 is 1.57 bits per heavy atom. The molecule has 82 valence electrons. The third-order valence-electron chi connectivity index (χ3n) is 1.75. The van der Waals surface area contributed by atoms with Gasteiger partial charge in [0.05, 0.1) is 0 Å². The summed E-state index contributed by atoms with van der Waals surface area (Å²) in [7, 11) is 0.368. The van der Waals surface area contributed by atoms with Gasteiger partial charge < -0.3 is 4.74 Å². The molecule has 0 spiro atoms. The van der Waals surface area contributed by atoms with Gasteiger partial charge in [0, 0.05) is 7.05 Å². The van der Waals surface area contributed by atoms with Gasteiger partial charge in [-0.1, -0.05) is 0 Å². The second kappa shape index (κ2) is 2.45. The van der Waals surface area contributed by atoms with Crippen LogP contribution < -0.4 is 0 Å². The van der Waals surface area contributed by atoms with E-state index in [0.29, 0.717) is 7.05 Å². The van der Waals surface area contributed by atoms with Crippen molar-refractivity contribution in [3.63, 3.8) is 0 Å². The monoisotopic (exact) mass is 223 g/mol. The van der Waals surface area contributed by atoms with Gasteiger partial charge in [0.15, 0.2) is 0 Å². The van der Waals surface area contributed by atoms with Gasteiger partial charge in [0.25, 0.3) is 0 Å². The molecule has 1 fully saturated rings. The Kier molecular flexibility index (Phi) is 1.91. The van der Waals surface area contributed by atoms with E-state index in [2.05, 4.69) is 4.74 Å². The van der Waals surface area contributed by atoms with Crippen molar-refractivity contribution in [1.82, 2.24) is 4.90 Å². The van der Waals surface area contributed by atoms with Crippen molar-refractivity contribution in [1.29, 1.82) is 0 Å². The van der Waals surface area contributed by atoms with Crippen molar-refractivity contribution in [2.24, 2.45) is 0 Å². The first kappa shape index (κ1) is 10.9. The molecule has 1 aliphatic heterocycles. The fourth-order valence-electron chi connectivity index (χ4n) is 1.01. The van der Waals surface area contributed by atoms with Crippen molar-refractivity contribution in [2.45, 2.75) is 18.1 Å². The van der Waals surface area contributed by atoms with Gasteiger partial charge in [-0.25, -0.2) is 4.79 Å². The molecule has 1 aliphatic rings. The topological polar surface area (TPSA) is 29.5 Å². The van der Waals surface area contributed by atoms with Crippen LogP contribution in [-0.4, -0.2) is 36.1 Å². The molecule has 1 amide bonds. The zero-order valence-electron chi connectivity index (χ0n) is 6.53. The Morgan fingerprint density at radius 2 is 1.50 bits per heavy atom. The van der Waals surface area contributed by atoms with E-state index in [0.717, 1.165) is 0 Å². The van der Waals surface area contributed by atoms with Gasteiger partial charge in [0.1, 0.15) is 0 Å². The van der Waals surface area contributed by atoms with Crippen molar-refractivity contribution >= 4 is 6.09 Å². The van der Waals surface area contributed by atoms with Crippen LogP contribution in [-0.2, 0) is 4.74 Å². The molecule has 0 aliphatic carbocycles. The van der Waals surface area contributed by atoms with E-state index in [4.69, 9.17) is 0 Å². The predicted octanol–water partition coefficient (Wildman–Crippen LogP) is 1.89. The fourth-order valence-corrected chi connectivity index (χ4v) is 1.01. The van der Waals surface area contributed by atoms with Crippen LogP contribution in [0.1, 0.15) is 0 Å². The summed E-state index contributed by atoms with van der Waals surface area (Å²) in [5.41, 5.74) is -4.49. The SMILES string of the molecule is CN1C(=O)OC1(C(F)(F)F)C(F)(F)F. The van der Waals surface area contributed by atoms with E-state index in [1.165, 1.54) is 0 Å². The molecule has 3 nitrogen and oxygen atoms in total. The summed E-state index contributed by atoms with van der Waals surface area (Å²) in [5.74, 6) is 0. The quantitative estimate of drug-likeness (QED) is 0.587. The number of ether oxygens (including phenoxy) is 1. The average molecular weight is 223 g/mol. The van der Waals surface area contributed by atoms with Gasteiger partial charge in [-0.05, 0) is 0 Å². The van der Waals surface area contributed by atoms with E-state index in [1.54, 1.807) is 0 Å². The van der Waals surface area contributed by atoms with Crippen LogP contribution in [0, 0.1) is 0 Å². The van der Waals surface area contributed by atoms with E-state index >= 15 is 0 Å². The molecule has 0 aromatic heterocycles. The highest BCUT2D eigenvalue weighted by Crippen LogP contribution is 2.52. The summed E-state index contributed by atoms with van der Waals surface area (Å²) >= 11 is 0. The van der Waals surface area contributed by atoms with E-state index < -0.39 is 29.1 Å². The smallest absolute Gasteiger partial charge is 0.403 e. The molecule has 0 aromatic rings. The largest absolute Gasteiger partial charge is 0.459 e. The predicted molar refractivity (Wildman–Crippen MR) is 29.1 cm³/mol. The molecule has 9 heteroatoms. The zero-order valence-corrected chi connectivity index (χ0v) is 6.53. The lowest BCUT2D eigenvalue weighted by atomic mass is 10.1. The molecule has 0 bridgehead atoms. The Balaban J connectivity index is 3.14. The van der Waals surface area contributed by atoms with Crippen molar-refractivity contribution in [3.8, 4) is 0 Å². The Labute approximate surface area is 73.2 Å². The molecule has 0 N–H and O–H groups in total. The first-order valence-corrected chi connectivity index (χ1v) is 3.14. The van der Waals surface area contributed by atoms with E-state index in [-0.39, 0.29) is 0 Å². The van der Waals surface area contributed by atoms with Crippen LogP contribution in [0.3, 0.4) is 0 Å². The lowest BCUT2D eigenvalue weighted by molar-refractivity contribution is -0.435. The number of alkyl halides is 6. The molecule has 14 heavy (non-hydrogen) atoms. The molecule has 0 atom stereocenters. The number of halogens is 6. The number of carbonyl (C=O) groups is 1. The van der Waals surface area contributed by atoms with Crippen molar-refractivity contribution < 1.29 is 35.9 Å². The van der Waals surface area contributed by atoms with Crippen LogP contribution in [0.4, 0.5) is 31.1 Å². The molecular formula is C5H3F6NO2. The van der Waals surface area contributed by atoms with Crippen LogP contribution >= 0.6 is 0 Å². The van der Waals surface area contributed by atoms with Gasteiger partial charge >= 0.3 is 24.2 Å². The van der Waals surface area contributed by atoms with Crippen molar-refractivity contribution in [3.05, 3.63) is 0 Å². The maximum Gasteiger partial charge on any atom is 0.459 e. The first-order chi connectivity index (χ1) is 6.04. The Morgan fingerprint density at radius 1 is 1.14 bits per heavy atom. The summed E-state index contributed by atoms with van der Waals surface area (Å²) < 4.78 is 75.4. The van der Waals surface area contributed by atoms with Gasteiger partial charge in [-0.15, -0.1) is 0 Å². The lowest BCUT2D eigenvalue weighted by Crippen LogP contribution is -2.77. The third-order valence-corrected chi connectivity index (χ3v) is 1.75. The van der Waals surface area contributed by atoms with Crippen LogP contribution in [0.2, 0.25) is 0 Å². The van der Waals surface area contributed by atoms with Gasteiger partial charge in [-0.3, -0.25) is 4.90 Å². The zero-order chi connectivity index (χ0) is 11.4. The lowest BCUT2D eigenvalue weighted by Gasteiger charge is -2.49. The van der Waals surface area contributed by atoms with Crippen molar-refractivity contribution in [2.75, 3.05) is 7.05 Å². The fraction of sp³-hybridized carbons (Fsp3) is 0.800. The molecule has 0 saturated carbocycles. The highest BCUT2D eigenvalue weighted by atomic mass is 19.4. The molecule has 1 saturated heterocycles. The minimum absolute atomic E-state index is 0.368. The number of carbonyl (C=O) groups excluding carboxylic acids is 1. The van der Waals surface area contributed by atoms with E-state index in [9.17, 15) is 31.1 Å². The number of hydrogen-bond acceptors (Lipinski definition) is 2. The Hall–Kier alpha value is -1.15. The second-order valence-electron chi connectivity index (χ2n) is 2.57. The minimum atomic E-state index is -5.71. The molecule has 1 rings (SSSR count). The van der Waals surface area contributed by atoms with Gasteiger partial charge in [0.2, 0.25) is 0 Å². The molecule has 0 unspecified atom stereocenters. The molecule has 0 aromatic carbocycles. The summed E-state index contributed by atoms with van der Waals surface area (Å²) in [6, 6.07) is 0. The maximum atomic E-state index is 12.0. The van der Waals surface area contributed by atoms with Gasteiger partial charge in [-0.2, -0.15) is 26.3 Å². The number of amides is 1. The van der Waals surface area contributed by atoms with Crippen LogP contribution in [0.25, 0.3) is 0 Å². The van der Waals surface area contributed by atoms with Crippen LogP contribution in [0.5, 0.6) is 0 Å². The summed E-state index contributed by atoms with van der Waals surface area (Å²) in [5, 5.41) is 0. The first-order valence-electron chi connectivity index (χ1n) is 3.14. The summed E-state index contributed by atoms with van der Waals surface area (Å²) in [6.07, 6.45) is -13.1. The van der Waals surface area contributed by atoms with E-state index in [1.807, 2.05) is 0 Å². The third kappa shape index (κ3) is 1.04. The normalized spacial score (nSPS) is 21.6. The standard InChI is InChI=1S/C5H3F6NO2/c1-12-2(13)14-3(12,4(6,7)8)5(9,10)11/h1H3. The van der Waals surface area contributed by atoms with Crippen LogP contribution in [0.15, 0.2) is 0 Å². The minimum Gasteiger partial charge on any atom is -0.403 e. The average Bonchev–Trinajstić information content (AvgIpc) is 1.93. The Bertz CT molecular complexity index is 254. The number of cyclic esters (lactones) is 1. The highest BCUT2D eigenvalue weighted by Gasteiger charge is 2.83.